The molecule has 0 saturated heterocycles. The van der Waals surface area contributed by atoms with Gasteiger partial charge in [-0.05, 0) is 29.8 Å². The molecule has 0 saturated carbocycles. The van der Waals surface area contributed by atoms with Crippen molar-refractivity contribution in [1.29, 1.82) is 0 Å². The summed E-state index contributed by atoms with van der Waals surface area (Å²) in [5, 5.41) is 7.33. The molecule has 1 aromatic carbocycles. The van der Waals surface area contributed by atoms with E-state index in [1.165, 1.54) is 11.3 Å². The molecular weight excluding hydrogens is 388 g/mol. The average molecular weight is 404 g/mol. The lowest BCUT2D eigenvalue weighted by Gasteiger charge is -2.18. The number of furan rings is 1. The lowest BCUT2D eigenvalue weighted by Crippen LogP contribution is -2.38. The number of pyridine rings is 1. The molecule has 0 aliphatic carbocycles. The number of amides is 2. The summed E-state index contributed by atoms with van der Waals surface area (Å²) in [4.78, 5) is 33.5. The zero-order valence-corrected chi connectivity index (χ0v) is 15.9. The molecule has 4 aromatic rings. The van der Waals surface area contributed by atoms with Gasteiger partial charge in [0.05, 0.1) is 18.0 Å². The Morgan fingerprint density at radius 3 is 2.52 bits per heavy atom. The first kappa shape index (κ1) is 18.6. The van der Waals surface area contributed by atoms with Crippen LogP contribution in [-0.4, -0.2) is 21.8 Å². The summed E-state index contributed by atoms with van der Waals surface area (Å²) >= 11 is 1.21. The number of hydrogen-bond acceptors (Lipinski definition) is 6. The van der Waals surface area contributed by atoms with Gasteiger partial charge in [-0.25, -0.2) is 4.98 Å². The number of carbonyl (C=O) groups excluding carboxylic acids is 2. The highest BCUT2D eigenvalue weighted by atomic mass is 32.1. The summed E-state index contributed by atoms with van der Waals surface area (Å²) in [6.45, 7) is 0. The van der Waals surface area contributed by atoms with Gasteiger partial charge in [0.25, 0.3) is 0 Å². The first-order valence-corrected chi connectivity index (χ1v) is 9.66. The average Bonchev–Trinajstić information content (AvgIpc) is 3.45. The Morgan fingerprint density at radius 1 is 0.966 bits per heavy atom. The van der Waals surface area contributed by atoms with E-state index in [-0.39, 0.29) is 0 Å². The number of anilines is 1. The van der Waals surface area contributed by atoms with Gasteiger partial charge in [-0.3, -0.25) is 19.9 Å². The minimum Gasteiger partial charge on any atom is -0.463 e. The predicted octanol–water partition coefficient (Wildman–Crippen LogP) is 3.64. The van der Waals surface area contributed by atoms with E-state index in [4.69, 9.17) is 4.42 Å². The third-order valence-electron chi connectivity index (χ3n) is 4.10. The Kier molecular flexibility index (Phi) is 5.44. The molecule has 0 bridgehead atoms. The van der Waals surface area contributed by atoms with Crippen molar-refractivity contribution in [3.63, 3.8) is 0 Å². The molecule has 3 heterocycles. The SMILES string of the molecule is O=C(Nc1nc(-c2ccco2)cs1)C(=O)NC(c1ccccc1)c1ccccn1. The van der Waals surface area contributed by atoms with Gasteiger partial charge in [-0.1, -0.05) is 36.4 Å². The molecule has 0 aliphatic rings. The Morgan fingerprint density at radius 2 is 1.79 bits per heavy atom. The summed E-state index contributed by atoms with van der Waals surface area (Å²) in [5.74, 6) is -0.994. The molecule has 2 N–H and O–H groups in total. The van der Waals surface area contributed by atoms with Crippen molar-refractivity contribution in [2.45, 2.75) is 6.04 Å². The second kappa shape index (κ2) is 8.49. The quantitative estimate of drug-likeness (QED) is 0.495. The fraction of sp³-hybridized carbons (Fsp3) is 0.0476. The standard InChI is InChI=1S/C21H16N4O3S/c26-19(20(27)25-21-23-16(13-29-21)17-10-6-12-28-17)24-18(14-7-2-1-3-8-14)15-9-4-5-11-22-15/h1-13,18H,(H,24,26)(H,23,25,27). The minimum atomic E-state index is -0.804. The van der Waals surface area contributed by atoms with Crippen LogP contribution in [0.25, 0.3) is 11.5 Å². The highest BCUT2D eigenvalue weighted by molar-refractivity contribution is 7.14. The van der Waals surface area contributed by atoms with Gasteiger partial charge in [0.1, 0.15) is 5.69 Å². The van der Waals surface area contributed by atoms with Crippen molar-refractivity contribution < 1.29 is 14.0 Å². The molecule has 1 unspecified atom stereocenters. The molecule has 3 aromatic heterocycles. The highest BCUT2D eigenvalue weighted by Gasteiger charge is 2.23. The van der Waals surface area contributed by atoms with Crippen LogP contribution in [-0.2, 0) is 9.59 Å². The Labute approximate surface area is 170 Å². The molecule has 1 atom stereocenters. The van der Waals surface area contributed by atoms with Crippen molar-refractivity contribution in [1.82, 2.24) is 15.3 Å². The lowest BCUT2D eigenvalue weighted by molar-refractivity contribution is -0.136. The zero-order chi connectivity index (χ0) is 20.1. The molecule has 144 valence electrons. The maximum Gasteiger partial charge on any atom is 0.315 e. The van der Waals surface area contributed by atoms with Gasteiger partial charge >= 0.3 is 11.8 Å². The first-order chi connectivity index (χ1) is 14.2. The van der Waals surface area contributed by atoms with Crippen LogP contribution in [0.15, 0.2) is 82.9 Å². The van der Waals surface area contributed by atoms with E-state index < -0.39 is 17.9 Å². The van der Waals surface area contributed by atoms with Crippen molar-refractivity contribution in [3.8, 4) is 11.5 Å². The molecule has 2 amide bonds. The van der Waals surface area contributed by atoms with E-state index in [9.17, 15) is 9.59 Å². The zero-order valence-electron chi connectivity index (χ0n) is 15.1. The molecule has 7 nitrogen and oxygen atoms in total. The smallest absolute Gasteiger partial charge is 0.315 e. The minimum absolute atomic E-state index is 0.311. The van der Waals surface area contributed by atoms with E-state index >= 15 is 0 Å². The number of thiazole rings is 1. The normalized spacial score (nSPS) is 11.6. The molecule has 0 aliphatic heterocycles. The monoisotopic (exact) mass is 404 g/mol. The summed E-state index contributed by atoms with van der Waals surface area (Å²) in [6, 6.07) is 17.7. The summed E-state index contributed by atoms with van der Waals surface area (Å²) < 4.78 is 5.28. The van der Waals surface area contributed by atoms with Gasteiger partial charge in [-0.2, -0.15) is 0 Å². The van der Waals surface area contributed by atoms with E-state index in [0.717, 1.165) is 5.56 Å². The van der Waals surface area contributed by atoms with Crippen molar-refractivity contribution in [2.75, 3.05) is 5.32 Å². The Bertz CT molecular complexity index is 1060. The van der Waals surface area contributed by atoms with Gasteiger partial charge in [0.2, 0.25) is 0 Å². The van der Waals surface area contributed by atoms with Crippen LogP contribution >= 0.6 is 11.3 Å². The van der Waals surface area contributed by atoms with Crippen LogP contribution in [0.3, 0.4) is 0 Å². The fourth-order valence-electron chi connectivity index (χ4n) is 2.74. The third-order valence-corrected chi connectivity index (χ3v) is 4.85. The van der Waals surface area contributed by atoms with Crippen LogP contribution in [0.4, 0.5) is 5.13 Å². The second-order valence-corrected chi connectivity index (χ2v) is 6.90. The van der Waals surface area contributed by atoms with Crippen LogP contribution < -0.4 is 10.6 Å². The first-order valence-electron chi connectivity index (χ1n) is 8.78. The summed E-state index contributed by atoms with van der Waals surface area (Å²) in [5.41, 5.74) is 2.04. The van der Waals surface area contributed by atoms with Crippen molar-refractivity contribution >= 4 is 28.3 Å². The van der Waals surface area contributed by atoms with Gasteiger partial charge < -0.3 is 9.73 Å². The van der Waals surface area contributed by atoms with Crippen LogP contribution in [0.1, 0.15) is 17.3 Å². The molecule has 8 heteroatoms. The van der Waals surface area contributed by atoms with Gasteiger partial charge in [-0.15, -0.1) is 11.3 Å². The maximum atomic E-state index is 12.5. The number of benzene rings is 1. The third kappa shape index (κ3) is 4.39. The summed E-state index contributed by atoms with van der Waals surface area (Å²) in [6.07, 6.45) is 3.19. The number of nitrogens with zero attached hydrogens (tertiary/aromatic N) is 2. The summed E-state index contributed by atoms with van der Waals surface area (Å²) in [7, 11) is 0. The molecule has 0 fully saturated rings. The molecule has 0 spiro atoms. The van der Waals surface area contributed by atoms with Crippen LogP contribution in [0, 0.1) is 0 Å². The molecular formula is C21H16N4O3S. The molecule has 0 radical (unpaired) electrons. The molecule has 4 rings (SSSR count). The fourth-order valence-corrected chi connectivity index (χ4v) is 3.43. The Balaban J connectivity index is 1.48. The number of nitrogens with one attached hydrogen (secondary N) is 2. The number of carbonyl (C=O) groups is 2. The lowest BCUT2D eigenvalue weighted by atomic mass is 10.0. The van der Waals surface area contributed by atoms with Crippen molar-refractivity contribution in [2.24, 2.45) is 0 Å². The van der Waals surface area contributed by atoms with Gasteiger partial charge in [0.15, 0.2) is 10.9 Å². The maximum absolute atomic E-state index is 12.5. The van der Waals surface area contributed by atoms with E-state index in [2.05, 4.69) is 20.6 Å². The van der Waals surface area contributed by atoms with E-state index in [1.807, 2.05) is 36.4 Å². The van der Waals surface area contributed by atoms with Crippen LogP contribution in [0.5, 0.6) is 0 Å². The topological polar surface area (TPSA) is 97.1 Å². The van der Waals surface area contributed by atoms with Crippen LogP contribution in [0.2, 0.25) is 0 Å². The van der Waals surface area contributed by atoms with E-state index in [1.54, 1.807) is 42.1 Å². The van der Waals surface area contributed by atoms with Gasteiger partial charge in [0, 0.05) is 11.6 Å². The largest absolute Gasteiger partial charge is 0.463 e. The van der Waals surface area contributed by atoms with E-state index in [0.29, 0.717) is 22.3 Å². The number of rotatable bonds is 5. The predicted molar refractivity (Wildman–Crippen MR) is 109 cm³/mol. The molecule has 29 heavy (non-hydrogen) atoms. The Hall–Kier alpha value is -3.78. The number of hydrogen-bond donors (Lipinski definition) is 2. The van der Waals surface area contributed by atoms with Crippen molar-refractivity contribution in [3.05, 3.63) is 89.8 Å². The second-order valence-electron chi connectivity index (χ2n) is 6.04. The highest BCUT2D eigenvalue weighted by Crippen LogP contribution is 2.25. The number of aromatic nitrogens is 2.